The molecule has 0 atom stereocenters. The second-order valence-electron chi connectivity index (χ2n) is 6.52. The summed E-state index contributed by atoms with van der Waals surface area (Å²) in [6, 6.07) is 4.91. The normalized spacial score (nSPS) is 19.2. The maximum atomic E-state index is 13.6. The third kappa shape index (κ3) is 2.57. The molecule has 0 aliphatic carbocycles. The van der Waals surface area contributed by atoms with Gasteiger partial charge in [0, 0.05) is 67.8 Å². The van der Waals surface area contributed by atoms with Crippen molar-refractivity contribution in [3.8, 4) is 0 Å². The van der Waals surface area contributed by atoms with Gasteiger partial charge >= 0.3 is 6.03 Å². The number of urea groups is 1. The molecule has 1 fully saturated rings. The van der Waals surface area contributed by atoms with Crippen LogP contribution in [0.1, 0.15) is 11.3 Å². The standard InChI is InChI=1S/C17H21FN4O/c1-20-6-8-21(9-7-20)17(23)22-5-4-16-14(11-22)13-10-12(18)2-3-15(13)19-16/h2-3,10,19H,4-9,11H2,1H3. The Labute approximate surface area is 134 Å². The average Bonchev–Trinajstić information content (AvgIpc) is 2.92. The first-order valence-corrected chi connectivity index (χ1v) is 8.13. The predicted octanol–water partition coefficient (Wildman–Crippen LogP) is 2.03. The molecule has 4 rings (SSSR count). The van der Waals surface area contributed by atoms with Crippen LogP contribution in [0.5, 0.6) is 0 Å². The van der Waals surface area contributed by atoms with E-state index in [4.69, 9.17) is 0 Å². The van der Waals surface area contributed by atoms with Crippen LogP contribution in [-0.2, 0) is 13.0 Å². The fourth-order valence-electron chi connectivity index (χ4n) is 3.55. The van der Waals surface area contributed by atoms with Crippen LogP contribution < -0.4 is 0 Å². The lowest BCUT2D eigenvalue weighted by Crippen LogP contribution is -2.52. The van der Waals surface area contributed by atoms with Crippen LogP contribution in [0.25, 0.3) is 10.9 Å². The van der Waals surface area contributed by atoms with E-state index in [1.165, 1.54) is 6.07 Å². The number of nitrogens with one attached hydrogen (secondary N) is 1. The Morgan fingerprint density at radius 1 is 1.13 bits per heavy atom. The lowest BCUT2D eigenvalue weighted by molar-refractivity contribution is 0.118. The highest BCUT2D eigenvalue weighted by Gasteiger charge is 2.28. The number of likely N-dealkylation sites (N-methyl/N-ethyl adjacent to an activating group) is 1. The Morgan fingerprint density at radius 2 is 1.91 bits per heavy atom. The lowest BCUT2D eigenvalue weighted by atomic mass is 10.0. The lowest BCUT2D eigenvalue weighted by Gasteiger charge is -2.37. The fourth-order valence-corrected chi connectivity index (χ4v) is 3.55. The number of hydrogen-bond donors (Lipinski definition) is 1. The number of carbonyl (C=O) groups is 1. The molecule has 2 amide bonds. The molecule has 1 N–H and O–H groups in total. The van der Waals surface area contributed by atoms with Gasteiger partial charge in [0.2, 0.25) is 0 Å². The number of carbonyl (C=O) groups excluding carboxylic acids is 1. The summed E-state index contributed by atoms with van der Waals surface area (Å²) >= 11 is 0. The number of H-pyrrole nitrogens is 1. The molecule has 122 valence electrons. The van der Waals surface area contributed by atoms with Crippen molar-refractivity contribution in [3.05, 3.63) is 35.3 Å². The first-order valence-electron chi connectivity index (χ1n) is 8.13. The number of nitrogens with zero attached hydrogens (tertiary/aromatic N) is 3. The van der Waals surface area contributed by atoms with Gasteiger partial charge in [0.1, 0.15) is 5.82 Å². The summed E-state index contributed by atoms with van der Waals surface area (Å²) in [5.41, 5.74) is 3.14. The van der Waals surface area contributed by atoms with Crippen LogP contribution in [0.3, 0.4) is 0 Å². The molecule has 0 radical (unpaired) electrons. The summed E-state index contributed by atoms with van der Waals surface area (Å²) in [7, 11) is 2.08. The first-order chi connectivity index (χ1) is 11.1. The van der Waals surface area contributed by atoms with Crippen molar-refractivity contribution in [3.63, 3.8) is 0 Å². The number of benzene rings is 1. The highest BCUT2D eigenvalue weighted by molar-refractivity contribution is 5.86. The number of aromatic amines is 1. The van der Waals surface area contributed by atoms with Crippen molar-refractivity contribution in [1.82, 2.24) is 19.7 Å². The molecule has 1 aromatic heterocycles. The topological polar surface area (TPSA) is 42.6 Å². The summed E-state index contributed by atoms with van der Waals surface area (Å²) in [6.07, 6.45) is 0.797. The maximum Gasteiger partial charge on any atom is 0.320 e. The highest BCUT2D eigenvalue weighted by atomic mass is 19.1. The first kappa shape index (κ1) is 14.5. The van der Waals surface area contributed by atoms with Crippen LogP contribution in [-0.4, -0.2) is 65.5 Å². The van der Waals surface area contributed by atoms with E-state index in [-0.39, 0.29) is 11.8 Å². The Morgan fingerprint density at radius 3 is 2.70 bits per heavy atom. The third-order valence-electron chi connectivity index (χ3n) is 4.98. The molecule has 0 saturated carbocycles. The SMILES string of the molecule is CN1CCN(C(=O)N2CCc3[nH]c4ccc(F)cc4c3C2)CC1. The van der Waals surface area contributed by atoms with Crippen molar-refractivity contribution >= 4 is 16.9 Å². The van der Waals surface area contributed by atoms with Gasteiger partial charge in [-0.15, -0.1) is 0 Å². The van der Waals surface area contributed by atoms with Gasteiger partial charge < -0.3 is 19.7 Å². The summed E-state index contributed by atoms with van der Waals surface area (Å²) in [5.74, 6) is -0.234. The zero-order chi connectivity index (χ0) is 16.0. The summed E-state index contributed by atoms with van der Waals surface area (Å²) in [5, 5.41) is 0.899. The number of rotatable bonds is 0. The van der Waals surface area contributed by atoms with Crippen LogP contribution >= 0.6 is 0 Å². The summed E-state index contributed by atoms with van der Waals surface area (Å²) in [4.78, 5) is 22.2. The largest absolute Gasteiger partial charge is 0.358 e. The minimum Gasteiger partial charge on any atom is -0.358 e. The van der Waals surface area contributed by atoms with Crippen LogP contribution in [0.4, 0.5) is 9.18 Å². The van der Waals surface area contributed by atoms with Gasteiger partial charge in [-0.2, -0.15) is 0 Å². The molecule has 0 bridgehead atoms. The number of amides is 2. The maximum absolute atomic E-state index is 13.6. The molecular weight excluding hydrogens is 295 g/mol. The highest BCUT2D eigenvalue weighted by Crippen LogP contribution is 2.28. The third-order valence-corrected chi connectivity index (χ3v) is 4.98. The van der Waals surface area contributed by atoms with Crippen molar-refractivity contribution in [2.45, 2.75) is 13.0 Å². The molecule has 0 spiro atoms. The molecule has 5 nitrogen and oxygen atoms in total. The van der Waals surface area contributed by atoms with Gasteiger partial charge in [0.25, 0.3) is 0 Å². The van der Waals surface area contributed by atoms with E-state index in [0.717, 1.165) is 54.8 Å². The molecular formula is C17H21FN4O. The predicted molar refractivity (Wildman–Crippen MR) is 86.8 cm³/mol. The zero-order valence-corrected chi connectivity index (χ0v) is 13.3. The van der Waals surface area contributed by atoms with Gasteiger partial charge in [0.15, 0.2) is 0 Å². The Kier molecular flexibility index (Phi) is 3.49. The van der Waals surface area contributed by atoms with E-state index >= 15 is 0 Å². The molecule has 1 aromatic carbocycles. The molecule has 2 aromatic rings. The molecule has 23 heavy (non-hydrogen) atoms. The number of piperazine rings is 1. The second-order valence-corrected chi connectivity index (χ2v) is 6.52. The van der Waals surface area contributed by atoms with Gasteiger partial charge in [-0.25, -0.2) is 9.18 Å². The minimum absolute atomic E-state index is 0.106. The van der Waals surface area contributed by atoms with Gasteiger partial charge in [-0.1, -0.05) is 0 Å². The van der Waals surface area contributed by atoms with Gasteiger partial charge in [-0.3, -0.25) is 0 Å². The van der Waals surface area contributed by atoms with Gasteiger partial charge in [0.05, 0.1) is 0 Å². The van der Waals surface area contributed by atoms with Crippen molar-refractivity contribution < 1.29 is 9.18 Å². The number of aromatic nitrogens is 1. The van der Waals surface area contributed by atoms with E-state index in [1.54, 1.807) is 12.1 Å². The summed E-state index contributed by atoms with van der Waals surface area (Å²) in [6.45, 7) is 4.67. The average molecular weight is 316 g/mol. The van der Waals surface area contributed by atoms with E-state index in [2.05, 4.69) is 16.9 Å². The number of halogens is 1. The monoisotopic (exact) mass is 316 g/mol. The van der Waals surface area contributed by atoms with E-state index in [0.29, 0.717) is 13.1 Å². The molecule has 3 heterocycles. The van der Waals surface area contributed by atoms with Crippen LogP contribution in [0.15, 0.2) is 18.2 Å². The van der Waals surface area contributed by atoms with E-state index in [9.17, 15) is 9.18 Å². The van der Waals surface area contributed by atoms with Crippen molar-refractivity contribution in [2.75, 3.05) is 39.8 Å². The Bertz CT molecular complexity index is 748. The van der Waals surface area contributed by atoms with E-state index < -0.39 is 0 Å². The number of fused-ring (bicyclic) bond motifs is 3. The molecule has 2 aliphatic rings. The van der Waals surface area contributed by atoms with Crippen LogP contribution in [0.2, 0.25) is 0 Å². The van der Waals surface area contributed by atoms with Gasteiger partial charge in [-0.05, 0) is 25.2 Å². The Hall–Kier alpha value is -2.08. The second kappa shape index (κ2) is 5.53. The molecule has 6 heteroatoms. The van der Waals surface area contributed by atoms with Crippen molar-refractivity contribution in [1.29, 1.82) is 0 Å². The fraction of sp³-hybridized carbons (Fsp3) is 0.471. The quantitative estimate of drug-likeness (QED) is 0.808. The smallest absolute Gasteiger partial charge is 0.320 e. The number of hydrogen-bond acceptors (Lipinski definition) is 2. The van der Waals surface area contributed by atoms with Crippen LogP contribution in [0, 0.1) is 5.82 Å². The minimum atomic E-state index is -0.234. The molecule has 2 aliphatic heterocycles. The molecule has 0 unspecified atom stereocenters. The zero-order valence-electron chi connectivity index (χ0n) is 13.3. The molecule has 1 saturated heterocycles. The Balaban J connectivity index is 1.57. The summed E-state index contributed by atoms with van der Waals surface area (Å²) < 4.78 is 13.6. The van der Waals surface area contributed by atoms with E-state index in [1.807, 2.05) is 9.80 Å². The van der Waals surface area contributed by atoms with Crippen molar-refractivity contribution in [2.24, 2.45) is 0 Å².